The van der Waals surface area contributed by atoms with E-state index in [2.05, 4.69) is 15.5 Å². The second-order valence-electron chi connectivity index (χ2n) is 8.58. The van der Waals surface area contributed by atoms with E-state index in [9.17, 15) is 9.59 Å². The van der Waals surface area contributed by atoms with Crippen LogP contribution in [0.1, 0.15) is 36.6 Å². The molecule has 0 bridgehead atoms. The average Bonchev–Trinajstić information content (AvgIpc) is 3.36. The van der Waals surface area contributed by atoms with E-state index in [-0.39, 0.29) is 36.4 Å². The predicted octanol–water partition coefficient (Wildman–Crippen LogP) is 3.76. The van der Waals surface area contributed by atoms with Crippen molar-refractivity contribution in [2.75, 3.05) is 14.2 Å². The number of hydrogen-bond acceptors (Lipinski definition) is 7. The first-order valence-corrected chi connectivity index (χ1v) is 11.3. The van der Waals surface area contributed by atoms with Crippen LogP contribution >= 0.6 is 0 Å². The van der Waals surface area contributed by atoms with Crippen molar-refractivity contribution in [1.29, 1.82) is 0 Å². The Morgan fingerprint density at radius 1 is 1.06 bits per heavy atom. The molecule has 0 spiro atoms. The quantitative estimate of drug-likeness (QED) is 0.594. The van der Waals surface area contributed by atoms with Gasteiger partial charge in [-0.2, -0.15) is 4.98 Å². The largest absolute Gasteiger partial charge is 0.493 e. The number of para-hydroxylation sites is 1. The van der Waals surface area contributed by atoms with Gasteiger partial charge in [-0.3, -0.25) is 9.69 Å². The van der Waals surface area contributed by atoms with Crippen LogP contribution < -0.4 is 14.8 Å². The van der Waals surface area contributed by atoms with E-state index in [1.165, 1.54) is 4.90 Å². The highest BCUT2D eigenvalue weighted by Crippen LogP contribution is 2.40. The molecule has 34 heavy (non-hydrogen) atoms. The van der Waals surface area contributed by atoms with Crippen molar-refractivity contribution in [3.05, 3.63) is 60.0 Å². The lowest BCUT2D eigenvalue weighted by Crippen LogP contribution is -2.60. The summed E-state index contributed by atoms with van der Waals surface area (Å²) in [5.41, 5.74) is 1.59. The van der Waals surface area contributed by atoms with Crippen molar-refractivity contribution >= 4 is 11.9 Å². The molecule has 2 aliphatic rings. The monoisotopic (exact) mass is 462 g/mol. The molecule has 1 saturated heterocycles. The minimum Gasteiger partial charge on any atom is -0.493 e. The summed E-state index contributed by atoms with van der Waals surface area (Å²) >= 11 is 0. The van der Waals surface area contributed by atoms with Crippen LogP contribution in [-0.4, -0.2) is 47.2 Å². The van der Waals surface area contributed by atoms with Crippen LogP contribution in [0.3, 0.4) is 0 Å². The minimum absolute atomic E-state index is 0.0483. The van der Waals surface area contributed by atoms with Crippen LogP contribution in [0.5, 0.6) is 11.5 Å². The molecule has 9 nitrogen and oxygen atoms in total. The number of imide groups is 1. The minimum atomic E-state index is -0.358. The van der Waals surface area contributed by atoms with Gasteiger partial charge in [0, 0.05) is 12.0 Å². The van der Waals surface area contributed by atoms with Gasteiger partial charge in [-0.05, 0) is 37.0 Å². The Morgan fingerprint density at radius 2 is 1.88 bits per heavy atom. The summed E-state index contributed by atoms with van der Waals surface area (Å²) in [7, 11) is 3.13. The van der Waals surface area contributed by atoms with Crippen LogP contribution in [0.15, 0.2) is 53.1 Å². The van der Waals surface area contributed by atoms with Crippen molar-refractivity contribution in [3.63, 3.8) is 0 Å². The van der Waals surface area contributed by atoms with Gasteiger partial charge in [0.05, 0.1) is 32.2 Å². The summed E-state index contributed by atoms with van der Waals surface area (Å²) in [5, 5.41) is 7.18. The first kappa shape index (κ1) is 21.9. The molecule has 0 radical (unpaired) electrons. The maximum atomic E-state index is 13.1. The average molecular weight is 463 g/mol. The van der Waals surface area contributed by atoms with E-state index in [4.69, 9.17) is 14.0 Å². The molecule has 9 heteroatoms. The molecule has 3 unspecified atom stereocenters. The fraction of sp³-hybridized carbons (Fsp3) is 0.360. The first-order chi connectivity index (χ1) is 16.6. The molecule has 2 aromatic carbocycles. The highest BCUT2D eigenvalue weighted by atomic mass is 16.5. The second-order valence-corrected chi connectivity index (χ2v) is 8.58. The van der Waals surface area contributed by atoms with Crippen LogP contribution in [0.2, 0.25) is 0 Å². The number of rotatable bonds is 6. The Bertz CT molecular complexity index is 1200. The molecule has 2 fully saturated rings. The lowest BCUT2D eigenvalue weighted by Gasteiger charge is -2.41. The van der Waals surface area contributed by atoms with Gasteiger partial charge >= 0.3 is 6.03 Å². The molecule has 1 N–H and O–H groups in total. The predicted molar refractivity (Wildman–Crippen MR) is 122 cm³/mol. The molecular weight excluding hydrogens is 436 g/mol. The van der Waals surface area contributed by atoms with E-state index in [1.807, 2.05) is 42.5 Å². The van der Waals surface area contributed by atoms with Crippen LogP contribution in [0.25, 0.3) is 11.4 Å². The van der Waals surface area contributed by atoms with E-state index in [0.717, 1.165) is 12.0 Å². The van der Waals surface area contributed by atoms with Crippen molar-refractivity contribution in [1.82, 2.24) is 20.4 Å². The molecule has 1 aliphatic carbocycles. The zero-order chi connectivity index (χ0) is 23.7. The summed E-state index contributed by atoms with van der Waals surface area (Å²) in [6.45, 7) is 0.271. The Balaban J connectivity index is 1.31. The molecular formula is C25H26N4O5. The van der Waals surface area contributed by atoms with E-state index >= 15 is 0 Å². The number of carbonyl (C=O) groups excluding carboxylic acids is 2. The Hall–Kier alpha value is -3.88. The van der Waals surface area contributed by atoms with Crippen molar-refractivity contribution < 1.29 is 23.6 Å². The zero-order valence-corrected chi connectivity index (χ0v) is 19.1. The van der Waals surface area contributed by atoms with Gasteiger partial charge in [0.1, 0.15) is 0 Å². The number of aromatic nitrogens is 2. The molecule has 3 atom stereocenters. The van der Waals surface area contributed by atoms with Gasteiger partial charge in [0.25, 0.3) is 0 Å². The summed E-state index contributed by atoms with van der Waals surface area (Å²) in [5.74, 6) is 1.59. The van der Waals surface area contributed by atoms with Crippen LogP contribution in [0, 0.1) is 5.92 Å². The third-order valence-electron chi connectivity index (χ3n) is 6.61. The first-order valence-electron chi connectivity index (χ1n) is 11.3. The second kappa shape index (κ2) is 9.17. The maximum absolute atomic E-state index is 13.1. The zero-order valence-electron chi connectivity index (χ0n) is 19.1. The number of ether oxygens (including phenoxy) is 2. The number of nitrogens with one attached hydrogen (secondary N) is 1. The maximum Gasteiger partial charge on any atom is 0.324 e. The van der Waals surface area contributed by atoms with Gasteiger partial charge < -0.3 is 19.3 Å². The molecule has 176 valence electrons. The fourth-order valence-electron chi connectivity index (χ4n) is 4.88. The van der Waals surface area contributed by atoms with Gasteiger partial charge in [0.15, 0.2) is 11.5 Å². The molecule has 3 aromatic rings. The third kappa shape index (κ3) is 3.98. The number of carbonyl (C=O) groups is 2. The summed E-state index contributed by atoms with van der Waals surface area (Å²) in [6.07, 6.45) is 1.93. The summed E-state index contributed by atoms with van der Waals surface area (Å²) < 4.78 is 16.4. The van der Waals surface area contributed by atoms with Crippen molar-refractivity contribution in [2.45, 2.75) is 37.8 Å². The van der Waals surface area contributed by atoms with Gasteiger partial charge in [-0.1, -0.05) is 41.6 Å². The smallest absolute Gasteiger partial charge is 0.324 e. The van der Waals surface area contributed by atoms with Gasteiger partial charge in [-0.25, -0.2) is 4.79 Å². The lowest BCUT2D eigenvalue weighted by molar-refractivity contribution is -0.137. The number of urea groups is 1. The third-order valence-corrected chi connectivity index (χ3v) is 6.61. The van der Waals surface area contributed by atoms with Crippen LogP contribution in [0.4, 0.5) is 4.79 Å². The summed E-state index contributed by atoms with van der Waals surface area (Å²) in [4.78, 5) is 31.8. The Kier molecular flexibility index (Phi) is 5.91. The van der Waals surface area contributed by atoms with Gasteiger partial charge in [-0.15, -0.1) is 0 Å². The summed E-state index contributed by atoms with van der Waals surface area (Å²) in [6, 6.07) is 14.4. The molecule has 3 amide bonds. The highest BCUT2D eigenvalue weighted by Gasteiger charge is 2.45. The Labute approximate surface area is 197 Å². The number of fused-ring (bicyclic) bond motifs is 1. The number of methoxy groups -OCH3 is 2. The number of benzene rings is 2. The molecule has 2 heterocycles. The molecule has 5 rings (SSSR count). The lowest BCUT2D eigenvalue weighted by atomic mass is 9.76. The van der Waals surface area contributed by atoms with Crippen LogP contribution in [-0.2, 0) is 11.3 Å². The number of amides is 3. The highest BCUT2D eigenvalue weighted by molar-refractivity contribution is 5.98. The van der Waals surface area contributed by atoms with Crippen molar-refractivity contribution in [2.24, 2.45) is 5.92 Å². The fourth-order valence-corrected chi connectivity index (χ4v) is 4.88. The van der Waals surface area contributed by atoms with E-state index < -0.39 is 0 Å². The number of nitrogens with zero attached hydrogens (tertiary/aromatic N) is 3. The molecule has 1 aliphatic heterocycles. The Morgan fingerprint density at radius 3 is 2.65 bits per heavy atom. The number of hydrogen-bond donors (Lipinski definition) is 1. The topological polar surface area (TPSA) is 107 Å². The van der Waals surface area contributed by atoms with E-state index in [1.54, 1.807) is 20.3 Å². The van der Waals surface area contributed by atoms with Crippen molar-refractivity contribution in [3.8, 4) is 22.9 Å². The standard InChI is InChI=1S/C25H26N4O5/c1-32-20-10-6-9-18(21(20)33-2)22-27-23(34-28-22)16-11-12-17-19(13-16)26-25(31)29(24(17)30)14-15-7-4-3-5-8-15/h3-10,16-17,19H,11-14H2,1-2H3,(H,26,31). The molecule has 1 aromatic heterocycles. The molecule has 1 saturated carbocycles. The SMILES string of the molecule is COc1cccc(-c2noc(C3CCC4C(=O)N(Cc5ccccc5)C(=O)NC4C3)n2)c1OC. The normalized spacial score (nSPS) is 22.2. The van der Waals surface area contributed by atoms with Gasteiger partial charge in [0.2, 0.25) is 17.6 Å². The van der Waals surface area contributed by atoms with E-state index in [0.29, 0.717) is 41.6 Å².